The van der Waals surface area contributed by atoms with Crippen LogP contribution in [0.2, 0.25) is 0 Å². The van der Waals surface area contributed by atoms with Gasteiger partial charge in [0.1, 0.15) is 22.8 Å². The number of carbonyl (C=O) groups excluding carboxylic acids is 3. The van der Waals surface area contributed by atoms with E-state index in [0.29, 0.717) is 18.4 Å². The number of phenolic OH excluding ortho intramolecular Hbond substituents is 1. The number of allylic oxidation sites excluding steroid dienone is 2. The Morgan fingerprint density at radius 2 is 1.82 bits per heavy atom. The summed E-state index contributed by atoms with van der Waals surface area (Å²) in [6, 6.07) is 1.90. The van der Waals surface area contributed by atoms with Crippen LogP contribution >= 0.6 is 0 Å². The van der Waals surface area contributed by atoms with Gasteiger partial charge < -0.3 is 20.4 Å². The van der Waals surface area contributed by atoms with Crippen LogP contribution in [0.4, 0.5) is 0 Å². The van der Waals surface area contributed by atoms with Crippen LogP contribution in [0.1, 0.15) is 83.6 Å². The van der Waals surface area contributed by atoms with Gasteiger partial charge in [0.15, 0.2) is 17.2 Å². The van der Waals surface area contributed by atoms with Gasteiger partial charge >= 0.3 is 0 Å². The maximum Gasteiger partial charge on any atom is 0.203 e. The van der Waals surface area contributed by atoms with E-state index in [4.69, 9.17) is 0 Å². The summed E-state index contributed by atoms with van der Waals surface area (Å²) in [5, 5.41) is 46.2. The molecule has 204 valence electrons. The van der Waals surface area contributed by atoms with E-state index in [2.05, 4.69) is 0 Å². The van der Waals surface area contributed by atoms with Gasteiger partial charge in [0.2, 0.25) is 5.78 Å². The standard InChI is InChI=1S/C31H38O7/c1-8-10-17-12-18(11-9-2)24(33)21-19(17)13-29(6)14-30(7)22(15(3)4)25(34)20(16(5)32)27(36)31(30,38)28(37)23(29)26(21)35/h9,11-12,15,22,33,35-36,38H,8,10,13-14H2,1-7H3/b11-9+/t22?,29-,30-,31+/m1/s1. The highest BCUT2D eigenvalue weighted by Gasteiger charge is 2.72. The first-order valence-electron chi connectivity index (χ1n) is 13.3. The Bertz CT molecular complexity index is 1360. The average molecular weight is 523 g/mol. The largest absolute Gasteiger partial charge is 0.508 e. The second-order valence-corrected chi connectivity index (χ2v) is 12.0. The molecule has 38 heavy (non-hydrogen) atoms. The van der Waals surface area contributed by atoms with Crippen LogP contribution in [-0.2, 0) is 27.2 Å². The van der Waals surface area contributed by atoms with Gasteiger partial charge in [-0.3, -0.25) is 14.4 Å². The topological polar surface area (TPSA) is 132 Å². The number of hydrogen-bond acceptors (Lipinski definition) is 7. The number of aliphatic hydroxyl groups is 3. The molecular formula is C31H38O7. The molecule has 3 aliphatic rings. The van der Waals surface area contributed by atoms with Crippen LogP contribution in [0.3, 0.4) is 0 Å². The number of aromatic hydroxyl groups is 1. The Morgan fingerprint density at radius 1 is 1.18 bits per heavy atom. The number of benzene rings is 1. The van der Waals surface area contributed by atoms with E-state index < -0.39 is 56.8 Å². The summed E-state index contributed by atoms with van der Waals surface area (Å²) in [6.07, 6.45) is 5.40. The summed E-state index contributed by atoms with van der Waals surface area (Å²) in [6.45, 7) is 12.0. The van der Waals surface area contributed by atoms with Crippen LogP contribution in [0, 0.1) is 22.7 Å². The molecule has 0 saturated heterocycles. The van der Waals surface area contributed by atoms with E-state index in [-0.39, 0.29) is 29.2 Å². The van der Waals surface area contributed by atoms with Crippen molar-refractivity contribution in [2.45, 2.75) is 79.8 Å². The minimum atomic E-state index is -2.60. The van der Waals surface area contributed by atoms with Crippen LogP contribution in [-0.4, -0.2) is 43.4 Å². The molecule has 7 nitrogen and oxygen atoms in total. The first-order valence-corrected chi connectivity index (χ1v) is 13.3. The maximum atomic E-state index is 14.4. The van der Waals surface area contributed by atoms with Gasteiger partial charge in [-0.1, -0.05) is 53.2 Å². The zero-order valence-corrected chi connectivity index (χ0v) is 23.2. The lowest BCUT2D eigenvalue weighted by atomic mass is 9.43. The Labute approximate surface area is 223 Å². The number of ketones is 3. The molecule has 0 amide bonds. The first kappa shape index (κ1) is 27.8. The number of phenols is 1. The van der Waals surface area contributed by atoms with Gasteiger partial charge in [-0.25, -0.2) is 0 Å². The number of rotatable bonds is 5. The summed E-state index contributed by atoms with van der Waals surface area (Å²) in [5.74, 6) is -5.09. The van der Waals surface area contributed by atoms with Gasteiger partial charge in [-0.2, -0.15) is 0 Å². The highest BCUT2D eigenvalue weighted by molar-refractivity contribution is 6.24. The smallest absolute Gasteiger partial charge is 0.203 e. The molecule has 0 heterocycles. The van der Waals surface area contributed by atoms with E-state index in [1.807, 2.05) is 26.8 Å². The highest BCUT2D eigenvalue weighted by Crippen LogP contribution is 2.65. The average Bonchev–Trinajstić information content (AvgIpc) is 2.79. The molecule has 1 aromatic carbocycles. The van der Waals surface area contributed by atoms with Crippen molar-refractivity contribution in [2.24, 2.45) is 22.7 Å². The van der Waals surface area contributed by atoms with Crippen molar-refractivity contribution in [3.8, 4) is 5.75 Å². The van der Waals surface area contributed by atoms with Crippen LogP contribution < -0.4 is 0 Å². The second-order valence-electron chi connectivity index (χ2n) is 12.0. The minimum absolute atomic E-state index is 0.0911. The molecule has 4 atom stereocenters. The second kappa shape index (κ2) is 8.94. The Kier molecular flexibility index (Phi) is 6.55. The van der Waals surface area contributed by atoms with Crippen molar-refractivity contribution in [1.82, 2.24) is 0 Å². The SMILES string of the molecule is C/C=C/c1cc(CCC)c2c(c1O)C(O)=C1C(=O)[C@@]3(O)C(O)=C(C(C)=O)C(=O)C(C(C)C)[C@@]3(C)C[C@@]1(C)C2. The maximum absolute atomic E-state index is 14.4. The number of carbonyl (C=O) groups is 3. The fourth-order valence-electron chi connectivity index (χ4n) is 7.68. The first-order chi connectivity index (χ1) is 17.6. The molecule has 3 aliphatic carbocycles. The van der Waals surface area contributed by atoms with Crippen molar-refractivity contribution in [1.29, 1.82) is 0 Å². The summed E-state index contributed by atoms with van der Waals surface area (Å²) >= 11 is 0. The molecule has 0 bridgehead atoms. The monoisotopic (exact) mass is 522 g/mol. The van der Waals surface area contributed by atoms with Gasteiger partial charge in [-0.15, -0.1) is 0 Å². The third-order valence-electron chi connectivity index (χ3n) is 8.99. The molecule has 1 saturated carbocycles. The van der Waals surface area contributed by atoms with Gasteiger partial charge in [0, 0.05) is 27.9 Å². The molecule has 4 rings (SSSR count). The van der Waals surface area contributed by atoms with Gasteiger partial charge in [-0.05, 0) is 56.2 Å². The molecule has 1 aromatic rings. The Hall–Kier alpha value is -3.19. The van der Waals surface area contributed by atoms with Crippen LogP contribution in [0.15, 0.2) is 29.0 Å². The van der Waals surface area contributed by atoms with Gasteiger partial charge in [0.05, 0.1) is 5.56 Å². The molecule has 0 aliphatic heterocycles. The number of fused-ring (bicyclic) bond motifs is 3. The van der Waals surface area contributed by atoms with Crippen LogP contribution in [0.5, 0.6) is 5.75 Å². The Balaban J connectivity index is 2.10. The van der Waals surface area contributed by atoms with Crippen molar-refractivity contribution >= 4 is 29.2 Å². The van der Waals surface area contributed by atoms with Crippen molar-refractivity contribution in [3.63, 3.8) is 0 Å². The zero-order valence-electron chi connectivity index (χ0n) is 23.2. The van der Waals surface area contributed by atoms with E-state index in [9.17, 15) is 34.8 Å². The third-order valence-corrected chi connectivity index (χ3v) is 8.99. The van der Waals surface area contributed by atoms with Crippen LogP contribution in [0.25, 0.3) is 11.8 Å². The molecule has 0 spiro atoms. The molecular weight excluding hydrogens is 484 g/mol. The summed E-state index contributed by atoms with van der Waals surface area (Å²) < 4.78 is 0. The molecule has 1 fully saturated rings. The predicted octanol–water partition coefficient (Wildman–Crippen LogP) is 5.18. The fourth-order valence-corrected chi connectivity index (χ4v) is 7.68. The lowest BCUT2D eigenvalue weighted by Crippen LogP contribution is -2.69. The zero-order chi connectivity index (χ0) is 28.5. The van der Waals surface area contributed by atoms with E-state index >= 15 is 0 Å². The fraction of sp³-hybridized carbons (Fsp3) is 0.516. The minimum Gasteiger partial charge on any atom is -0.508 e. The number of hydrogen-bond donors (Lipinski definition) is 4. The lowest BCUT2D eigenvalue weighted by Gasteiger charge is -2.59. The molecule has 4 N–H and O–H groups in total. The number of Topliss-reactive ketones (excluding diaryl/α,β-unsaturated/α-hetero) is 3. The van der Waals surface area contributed by atoms with Gasteiger partial charge in [0.25, 0.3) is 0 Å². The molecule has 7 heteroatoms. The Morgan fingerprint density at radius 3 is 2.34 bits per heavy atom. The normalized spacial score (nSPS) is 31.1. The third kappa shape index (κ3) is 3.40. The van der Waals surface area contributed by atoms with Crippen molar-refractivity contribution in [2.75, 3.05) is 0 Å². The molecule has 0 radical (unpaired) electrons. The number of aryl methyl sites for hydroxylation is 1. The van der Waals surface area contributed by atoms with E-state index in [1.54, 1.807) is 32.9 Å². The molecule has 1 unspecified atom stereocenters. The predicted molar refractivity (Wildman–Crippen MR) is 145 cm³/mol. The summed E-state index contributed by atoms with van der Waals surface area (Å²) in [7, 11) is 0. The van der Waals surface area contributed by atoms with E-state index in [1.165, 1.54) is 0 Å². The van der Waals surface area contributed by atoms with E-state index in [0.717, 1.165) is 24.5 Å². The quantitative estimate of drug-likeness (QED) is 0.392. The van der Waals surface area contributed by atoms with Crippen molar-refractivity contribution in [3.05, 3.63) is 51.3 Å². The highest BCUT2D eigenvalue weighted by atomic mass is 16.3. The molecule has 0 aromatic heterocycles. The summed E-state index contributed by atoms with van der Waals surface area (Å²) in [5.41, 5.74) is -3.40. The number of aliphatic hydroxyl groups excluding tert-OH is 2. The summed E-state index contributed by atoms with van der Waals surface area (Å²) in [4.78, 5) is 40.4. The van der Waals surface area contributed by atoms with Crippen molar-refractivity contribution < 1.29 is 34.8 Å². The lowest BCUT2D eigenvalue weighted by molar-refractivity contribution is -0.178.